The van der Waals surface area contributed by atoms with Crippen LogP contribution >= 0.6 is 11.6 Å². The maximum atomic E-state index is 13.1. The standard InChI is InChI=1S/C36H32ClN3O4/c1-22-32-30(38-39(22)2)21-43-20-25-11-4-3-10-24(25)19-40-34-28(16-17-29(37)33(32)34)27(35(40)36(41)42)14-8-18-44-31-15-7-12-23-9-5-6-13-26(23)31/h3-7,9-13,15-17H,8,14,18-21H2,1-2H3,(H,41,42). The number of hydrogen-bond donors (Lipinski definition) is 1. The van der Waals surface area contributed by atoms with Crippen molar-refractivity contribution in [2.45, 2.75) is 39.5 Å². The summed E-state index contributed by atoms with van der Waals surface area (Å²) in [5.41, 5.74) is 7.24. The lowest BCUT2D eigenvalue weighted by atomic mass is 9.98. The molecular formula is C36H32ClN3O4. The molecule has 0 aliphatic carbocycles. The number of rotatable bonds is 6. The first-order valence-electron chi connectivity index (χ1n) is 14.8. The zero-order valence-electron chi connectivity index (χ0n) is 24.6. The highest BCUT2D eigenvalue weighted by molar-refractivity contribution is 6.35. The Kier molecular flexibility index (Phi) is 7.36. The summed E-state index contributed by atoms with van der Waals surface area (Å²) in [5.74, 6) is -0.147. The molecule has 0 saturated heterocycles. The number of aromatic carboxylic acids is 1. The average molecular weight is 606 g/mol. The Hall–Kier alpha value is -4.59. The highest BCUT2D eigenvalue weighted by atomic mass is 35.5. The second-order valence-electron chi connectivity index (χ2n) is 11.3. The first kappa shape index (κ1) is 28.2. The van der Waals surface area contributed by atoms with E-state index in [9.17, 15) is 9.90 Å². The zero-order chi connectivity index (χ0) is 30.4. The normalized spacial score (nSPS) is 13.0. The van der Waals surface area contributed by atoms with E-state index in [1.54, 1.807) is 0 Å². The SMILES string of the molecule is Cc1c2c(nn1C)COCc1ccccc1Cn1c(C(=O)O)c(CCCOc3cccc4ccccc34)c3ccc(Cl)c-2c31. The number of nitrogens with zero attached hydrogens (tertiary/aromatic N) is 3. The van der Waals surface area contributed by atoms with Crippen LogP contribution < -0.4 is 4.74 Å². The van der Waals surface area contributed by atoms with Crippen LogP contribution in [-0.4, -0.2) is 32.0 Å². The molecule has 6 aromatic rings. The van der Waals surface area contributed by atoms with E-state index >= 15 is 0 Å². The second-order valence-corrected chi connectivity index (χ2v) is 11.7. The third-order valence-electron chi connectivity index (χ3n) is 8.66. The topological polar surface area (TPSA) is 78.5 Å². The zero-order valence-corrected chi connectivity index (χ0v) is 25.4. The summed E-state index contributed by atoms with van der Waals surface area (Å²) in [6.45, 7) is 3.52. The third-order valence-corrected chi connectivity index (χ3v) is 8.97. The Bertz CT molecular complexity index is 2050. The molecule has 0 saturated carbocycles. The molecule has 1 aliphatic rings. The molecule has 1 N–H and O–H groups in total. The molecule has 0 bridgehead atoms. The molecule has 0 radical (unpaired) electrons. The van der Waals surface area contributed by atoms with E-state index in [0.717, 1.165) is 66.6 Å². The summed E-state index contributed by atoms with van der Waals surface area (Å²) in [4.78, 5) is 13.1. The quantitative estimate of drug-likeness (QED) is 0.195. The van der Waals surface area contributed by atoms with Gasteiger partial charge >= 0.3 is 5.97 Å². The molecule has 1 aliphatic heterocycles. The first-order chi connectivity index (χ1) is 21.4. The van der Waals surface area contributed by atoms with Crippen LogP contribution in [0.3, 0.4) is 0 Å². The van der Waals surface area contributed by atoms with Crippen LogP contribution in [0.4, 0.5) is 0 Å². The summed E-state index contributed by atoms with van der Waals surface area (Å²) in [6, 6.07) is 26.0. The molecule has 0 spiro atoms. The maximum Gasteiger partial charge on any atom is 0.352 e. The van der Waals surface area contributed by atoms with E-state index in [-0.39, 0.29) is 5.69 Å². The summed E-state index contributed by atoms with van der Waals surface area (Å²) < 4.78 is 16.2. The van der Waals surface area contributed by atoms with Crippen LogP contribution in [0, 0.1) is 6.92 Å². The number of carboxylic acid groups (broad SMARTS) is 1. The van der Waals surface area contributed by atoms with Crippen molar-refractivity contribution >= 4 is 39.2 Å². The van der Waals surface area contributed by atoms with Crippen molar-refractivity contribution in [2.75, 3.05) is 6.61 Å². The number of ether oxygens (including phenoxy) is 2. The number of aryl methyl sites for hydroxylation is 2. The number of halogens is 1. The van der Waals surface area contributed by atoms with Crippen molar-refractivity contribution < 1.29 is 19.4 Å². The molecule has 8 heteroatoms. The van der Waals surface area contributed by atoms with E-state index < -0.39 is 5.97 Å². The summed E-state index contributed by atoms with van der Waals surface area (Å²) in [7, 11) is 1.90. The first-order valence-corrected chi connectivity index (χ1v) is 15.1. The van der Waals surface area contributed by atoms with E-state index in [1.807, 2.05) is 83.9 Å². The molecule has 3 heterocycles. The number of carboxylic acids is 1. The van der Waals surface area contributed by atoms with Gasteiger partial charge in [-0.1, -0.05) is 78.3 Å². The van der Waals surface area contributed by atoms with Gasteiger partial charge in [-0.05, 0) is 54.0 Å². The lowest BCUT2D eigenvalue weighted by Gasteiger charge is -2.15. The summed E-state index contributed by atoms with van der Waals surface area (Å²) >= 11 is 7.00. The van der Waals surface area contributed by atoms with E-state index in [4.69, 9.17) is 26.2 Å². The predicted molar refractivity (Wildman–Crippen MR) is 173 cm³/mol. The van der Waals surface area contributed by atoms with Crippen LogP contribution in [-0.2, 0) is 38.0 Å². The molecule has 4 aromatic carbocycles. The number of carbonyl (C=O) groups is 1. The minimum Gasteiger partial charge on any atom is -0.493 e. The molecule has 44 heavy (non-hydrogen) atoms. The summed E-state index contributed by atoms with van der Waals surface area (Å²) in [6.07, 6.45) is 1.17. The number of aromatic nitrogens is 3. The molecule has 0 atom stereocenters. The van der Waals surface area contributed by atoms with Gasteiger partial charge in [0.15, 0.2) is 0 Å². The molecule has 222 valence electrons. The van der Waals surface area contributed by atoms with E-state index in [0.29, 0.717) is 44.2 Å². The fourth-order valence-electron chi connectivity index (χ4n) is 6.52. The number of hydrogen-bond acceptors (Lipinski definition) is 4. The minimum absolute atomic E-state index is 0.270. The largest absolute Gasteiger partial charge is 0.493 e. The van der Waals surface area contributed by atoms with Gasteiger partial charge in [0, 0.05) is 41.2 Å². The van der Waals surface area contributed by atoms with Crippen LogP contribution in [0.15, 0.2) is 78.9 Å². The van der Waals surface area contributed by atoms with Crippen molar-refractivity contribution in [1.29, 1.82) is 0 Å². The van der Waals surface area contributed by atoms with Crippen molar-refractivity contribution in [1.82, 2.24) is 14.3 Å². The lowest BCUT2D eigenvalue weighted by Crippen LogP contribution is -2.13. The van der Waals surface area contributed by atoms with Gasteiger partial charge in [0.05, 0.1) is 36.1 Å². The van der Waals surface area contributed by atoms with Crippen LogP contribution in [0.25, 0.3) is 32.8 Å². The van der Waals surface area contributed by atoms with Crippen LogP contribution in [0.1, 0.15) is 45.0 Å². The molecule has 7 rings (SSSR count). The van der Waals surface area contributed by atoms with Gasteiger partial charge in [-0.3, -0.25) is 4.68 Å². The van der Waals surface area contributed by atoms with Gasteiger partial charge < -0.3 is 19.1 Å². The van der Waals surface area contributed by atoms with E-state index in [2.05, 4.69) is 18.2 Å². The maximum absolute atomic E-state index is 13.1. The second kappa shape index (κ2) is 11.5. The number of benzene rings is 4. The summed E-state index contributed by atoms with van der Waals surface area (Å²) in [5, 5.41) is 19.1. The van der Waals surface area contributed by atoms with Crippen molar-refractivity contribution in [3.05, 3.63) is 118 Å². The highest BCUT2D eigenvalue weighted by Crippen LogP contribution is 2.43. The Morgan fingerprint density at radius 2 is 1.73 bits per heavy atom. The molecule has 2 aromatic heterocycles. The van der Waals surface area contributed by atoms with Gasteiger partial charge in [0.1, 0.15) is 11.4 Å². The molecule has 0 unspecified atom stereocenters. The minimum atomic E-state index is -0.972. The van der Waals surface area contributed by atoms with E-state index in [1.165, 1.54) is 0 Å². The lowest BCUT2D eigenvalue weighted by molar-refractivity contribution is 0.0684. The van der Waals surface area contributed by atoms with Crippen molar-refractivity contribution in [2.24, 2.45) is 7.05 Å². The smallest absolute Gasteiger partial charge is 0.352 e. The Morgan fingerprint density at radius 3 is 2.57 bits per heavy atom. The van der Waals surface area contributed by atoms with Gasteiger partial charge in [0.25, 0.3) is 0 Å². The fraction of sp³-hybridized carbons (Fsp3) is 0.222. The highest BCUT2D eigenvalue weighted by Gasteiger charge is 2.29. The number of fused-ring (bicyclic) bond motifs is 4. The van der Waals surface area contributed by atoms with Gasteiger partial charge in [0.2, 0.25) is 0 Å². The fourth-order valence-corrected chi connectivity index (χ4v) is 6.77. The van der Waals surface area contributed by atoms with Crippen LogP contribution in [0.2, 0.25) is 5.02 Å². The Labute approximate surface area is 260 Å². The molecule has 7 nitrogen and oxygen atoms in total. The van der Waals surface area contributed by atoms with Crippen LogP contribution in [0.5, 0.6) is 5.75 Å². The van der Waals surface area contributed by atoms with Gasteiger partial charge in [-0.2, -0.15) is 5.10 Å². The Balaban J connectivity index is 1.36. The third kappa shape index (κ3) is 4.82. The van der Waals surface area contributed by atoms with Gasteiger partial charge in [-0.15, -0.1) is 0 Å². The monoisotopic (exact) mass is 605 g/mol. The van der Waals surface area contributed by atoms with Crippen molar-refractivity contribution in [3.8, 4) is 16.9 Å². The predicted octanol–water partition coefficient (Wildman–Crippen LogP) is 7.95. The molecular weight excluding hydrogens is 574 g/mol. The average Bonchev–Trinajstić information content (AvgIpc) is 3.47. The van der Waals surface area contributed by atoms with Gasteiger partial charge in [-0.25, -0.2) is 4.79 Å². The van der Waals surface area contributed by atoms with Crippen molar-refractivity contribution in [3.63, 3.8) is 0 Å². The Morgan fingerprint density at radius 1 is 0.955 bits per heavy atom. The molecule has 0 fully saturated rings. The molecule has 0 amide bonds.